The van der Waals surface area contributed by atoms with E-state index in [0.717, 1.165) is 37.2 Å². The monoisotopic (exact) mass is 530 g/mol. The van der Waals surface area contributed by atoms with E-state index in [4.69, 9.17) is 21.6 Å². The fourth-order valence-corrected chi connectivity index (χ4v) is 4.07. The fourth-order valence-electron chi connectivity index (χ4n) is 4.07. The Hall–Kier alpha value is -2.41. The largest absolute Gasteiger partial charge is 0.699 e. The number of nitrogens with one attached hydrogen (secondary N) is 2. The Morgan fingerprint density at radius 2 is 1.74 bits per heavy atom. The molecule has 0 amide bonds. The molecule has 7 heteroatoms. The van der Waals surface area contributed by atoms with E-state index in [1.54, 1.807) is 18.2 Å². The van der Waals surface area contributed by atoms with Crippen molar-refractivity contribution in [2.24, 2.45) is 0 Å². The SMILES string of the molecule is CN1CCC(Oc2ccc(C(=N)c3cc([NH-])ccc3N)cc2)CC1.Cc1cc(C)c2c(c1)[N-]2.[Y]. The normalized spacial score (nSPS) is 14.6. The Balaban J connectivity index is 0.000000270. The van der Waals surface area contributed by atoms with Gasteiger partial charge in [0.1, 0.15) is 11.9 Å². The van der Waals surface area contributed by atoms with E-state index in [1.807, 2.05) is 24.3 Å². The molecule has 0 aromatic heterocycles. The third kappa shape index (κ3) is 6.59. The average molecular weight is 530 g/mol. The zero-order chi connectivity index (χ0) is 23.5. The fraction of sp³-hybridized carbons (Fsp3) is 0.296. The van der Waals surface area contributed by atoms with Gasteiger partial charge < -0.3 is 26.4 Å². The number of ether oxygens (including phenoxy) is 1. The first-order valence-corrected chi connectivity index (χ1v) is 11.3. The number of likely N-dealkylation sites (tertiary alicyclic amines) is 1. The standard InChI is InChI=1S/C19H23N4O.C8H8N.Y/c1-23-10-8-16(9-11-23)24-15-5-2-13(3-6-15)19(22)17-12-14(20)4-7-18(17)21;1-5-3-6(2)8-7(4-5)9-8;/h2-7,12,16,20,22H,8-11,21H2,1H3;3-4H,1-2H3;/q2*-1;. The number of rotatable bonds is 4. The van der Waals surface area contributed by atoms with Crippen LogP contribution in [0.4, 0.5) is 22.7 Å². The summed E-state index contributed by atoms with van der Waals surface area (Å²) >= 11 is 0. The van der Waals surface area contributed by atoms with Crippen LogP contribution < -0.4 is 10.5 Å². The molecule has 0 saturated carbocycles. The van der Waals surface area contributed by atoms with Gasteiger partial charge in [-0.1, -0.05) is 35.4 Å². The number of nitrogen functional groups attached to an aromatic ring is 1. The minimum Gasteiger partial charge on any atom is -0.699 e. The molecule has 3 aromatic rings. The van der Waals surface area contributed by atoms with Crippen LogP contribution in [0.2, 0.25) is 0 Å². The summed E-state index contributed by atoms with van der Waals surface area (Å²) in [6.07, 6.45) is 2.35. The Bertz CT molecular complexity index is 1150. The number of aryl methyl sites for hydroxylation is 2. The third-order valence-electron chi connectivity index (χ3n) is 6.04. The summed E-state index contributed by atoms with van der Waals surface area (Å²) in [7, 11) is 2.13. The molecule has 4 N–H and O–H groups in total. The van der Waals surface area contributed by atoms with Crippen LogP contribution in [0.1, 0.15) is 35.1 Å². The average Bonchev–Trinajstić information content (AvgIpc) is 3.57. The molecule has 6 nitrogen and oxygen atoms in total. The van der Waals surface area contributed by atoms with Gasteiger partial charge in [-0.05, 0) is 64.1 Å². The van der Waals surface area contributed by atoms with E-state index in [9.17, 15) is 0 Å². The maximum Gasteiger partial charge on any atom is 0.119 e. The van der Waals surface area contributed by atoms with E-state index in [1.165, 1.54) is 22.5 Å². The molecule has 175 valence electrons. The quantitative estimate of drug-likeness (QED) is 0.173. The van der Waals surface area contributed by atoms with Crippen molar-refractivity contribution in [2.45, 2.75) is 32.8 Å². The van der Waals surface area contributed by atoms with Gasteiger partial charge in [0, 0.05) is 62.6 Å². The predicted molar refractivity (Wildman–Crippen MR) is 137 cm³/mol. The van der Waals surface area contributed by atoms with E-state index in [0.29, 0.717) is 22.6 Å². The summed E-state index contributed by atoms with van der Waals surface area (Å²) in [6, 6.07) is 16.8. The molecular weight excluding hydrogens is 499 g/mol. The number of fused-ring (bicyclic) bond motifs is 1. The molecule has 2 aliphatic heterocycles. The van der Waals surface area contributed by atoms with Crippen molar-refractivity contribution in [1.82, 2.24) is 4.90 Å². The molecule has 2 heterocycles. The Morgan fingerprint density at radius 1 is 1.06 bits per heavy atom. The van der Waals surface area contributed by atoms with Gasteiger partial charge in [0.15, 0.2) is 0 Å². The van der Waals surface area contributed by atoms with E-state index >= 15 is 0 Å². The van der Waals surface area contributed by atoms with Crippen molar-refractivity contribution < 1.29 is 37.4 Å². The molecule has 0 bridgehead atoms. The van der Waals surface area contributed by atoms with Gasteiger partial charge in [-0.3, -0.25) is 5.41 Å². The summed E-state index contributed by atoms with van der Waals surface area (Å²) in [6.45, 7) is 6.33. The Labute approximate surface area is 227 Å². The first kappa shape index (κ1) is 26.2. The summed E-state index contributed by atoms with van der Waals surface area (Å²) < 4.78 is 6.04. The minimum absolute atomic E-state index is 0. The summed E-state index contributed by atoms with van der Waals surface area (Å²) in [5.74, 6) is 0.836. The van der Waals surface area contributed by atoms with E-state index in [2.05, 4.69) is 43.2 Å². The molecule has 1 radical (unpaired) electrons. The second kappa shape index (κ2) is 11.3. The van der Waals surface area contributed by atoms with Gasteiger partial charge in [0.25, 0.3) is 0 Å². The molecule has 0 spiro atoms. The van der Waals surface area contributed by atoms with Crippen molar-refractivity contribution >= 4 is 28.5 Å². The summed E-state index contributed by atoms with van der Waals surface area (Å²) in [4.78, 5) is 2.31. The molecule has 5 rings (SSSR count). The van der Waals surface area contributed by atoms with Crippen LogP contribution in [0, 0.1) is 19.3 Å². The summed E-state index contributed by atoms with van der Waals surface area (Å²) in [5, 5.41) is 12.5. The van der Waals surface area contributed by atoms with Gasteiger partial charge in [0.2, 0.25) is 0 Å². The second-order valence-electron chi connectivity index (χ2n) is 8.88. The number of nitrogens with two attached hydrogens (primary N) is 1. The van der Waals surface area contributed by atoms with Gasteiger partial charge in [0.05, 0.1) is 5.71 Å². The molecule has 3 aromatic carbocycles. The van der Waals surface area contributed by atoms with Gasteiger partial charge in [-0.15, -0.1) is 11.4 Å². The van der Waals surface area contributed by atoms with Crippen molar-refractivity contribution in [1.29, 1.82) is 5.41 Å². The number of nitrogens with zero attached hydrogens (tertiary/aromatic N) is 2. The number of hydrogen-bond acceptors (Lipinski definition) is 4. The van der Waals surface area contributed by atoms with E-state index in [-0.39, 0.29) is 38.8 Å². The van der Waals surface area contributed by atoms with Gasteiger partial charge >= 0.3 is 0 Å². The zero-order valence-corrected chi connectivity index (χ0v) is 22.9. The second-order valence-corrected chi connectivity index (χ2v) is 8.88. The number of benzene rings is 3. The predicted octanol–water partition coefficient (Wildman–Crippen LogP) is 6.79. The van der Waals surface area contributed by atoms with Crippen LogP contribution in [0.25, 0.3) is 11.1 Å². The first-order valence-electron chi connectivity index (χ1n) is 11.3. The molecule has 34 heavy (non-hydrogen) atoms. The molecule has 1 fully saturated rings. The van der Waals surface area contributed by atoms with Crippen LogP contribution in [0.5, 0.6) is 5.75 Å². The van der Waals surface area contributed by atoms with E-state index < -0.39 is 0 Å². The van der Waals surface area contributed by atoms with Crippen LogP contribution in [-0.2, 0) is 32.7 Å². The third-order valence-corrected chi connectivity index (χ3v) is 6.04. The maximum absolute atomic E-state index is 8.34. The van der Waals surface area contributed by atoms with Gasteiger partial charge in [-0.25, -0.2) is 0 Å². The topological polar surface area (TPSA) is 100 Å². The van der Waals surface area contributed by atoms with Gasteiger partial charge in [-0.2, -0.15) is 5.69 Å². The summed E-state index contributed by atoms with van der Waals surface area (Å²) in [5.41, 5.74) is 21.2. The Morgan fingerprint density at radius 3 is 2.38 bits per heavy atom. The van der Waals surface area contributed by atoms with Crippen molar-refractivity contribution in [3.8, 4) is 5.75 Å². The minimum atomic E-state index is 0. The van der Waals surface area contributed by atoms with Crippen molar-refractivity contribution in [3.63, 3.8) is 0 Å². The smallest absolute Gasteiger partial charge is 0.119 e. The van der Waals surface area contributed by atoms with Crippen LogP contribution in [0.3, 0.4) is 0 Å². The van der Waals surface area contributed by atoms with Crippen molar-refractivity contribution in [2.75, 3.05) is 25.9 Å². The molecular formula is C27H31N5OY-2. The van der Waals surface area contributed by atoms with Crippen LogP contribution >= 0.6 is 0 Å². The zero-order valence-electron chi connectivity index (χ0n) is 20.1. The van der Waals surface area contributed by atoms with Crippen LogP contribution in [-0.4, -0.2) is 36.9 Å². The Kier molecular flexibility index (Phi) is 8.74. The first-order chi connectivity index (χ1) is 15.8. The molecule has 1 saturated heterocycles. The maximum atomic E-state index is 8.34. The number of hydrogen-bond donors (Lipinski definition) is 2. The molecule has 2 aliphatic rings. The molecule has 0 aliphatic carbocycles. The number of piperidine rings is 1. The van der Waals surface area contributed by atoms with Crippen LogP contribution in [0.15, 0.2) is 54.6 Å². The van der Waals surface area contributed by atoms with Crippen molar-refractivity contribution in [3.05, 3.63) is 87.9 Å². The number of anilines is 1. The molecule has 0 atom stereocenters. The molecule has 0 unspecified atom stereocenters.